The molecule has 82 valence electrons. The van der Waals surface area contributed by atoms with Gasteiger partial charge in [0.1, 0.15) is 0 Å². The Hall–Kier alpha value is 0.270. The van der Waals surface area contributed by atoms with Crippen molar-refractivity contribution in [2.75, 3.05) is 26.4 Å². The fraction of sp³-hybridized carbons (Fsp3) is 1.00. The Bertz CT molecular complexity index is 186. The van der Waals surface area contributed by atoms with Gasteiger partial charge in [-0.15, -0.1) is 0 Å². The van der Waals surface area contributed by atoms with E-state index in [4.69, 9.17) is 0 Å². The standard InChI is InChI=1S/C11H22N2S/c1-13-7-6-9(8-13)12-10-4-3-5-11(10)14-2/h9-12H,3-8H2,1-2H3. The Morgan fingerprint density at radius 2 is 2.14 bits per heavy atom. The lowest BCUT2D eigenvalue weighted by atomic mass is 10.2. The minimum Gasteiger partial charge on any atom is -0.309 e. The topological polar surface area (TPSA) is 15.3 Å². The van der Waals surface area contributed by atoms with Gasteiger partial charge in [-0.2, -0.15) is 11.8 Å². The molecule has 3 atom stereocenters. The molecular weight excluding hydrogens is 192 g/mol. The summed E-state index contributed by atoms with van der Waals surface area (Å²) >= 11 is 2.05. The largest absolute Gasteiger partial charge is 0.309 e. The van der Waals surface area contributed by atoms with E-state index in [2.05, 4.69) is 23.5 Å². The molecule has 1 heterocycles. The van der Waals surface area contributed by atoms with Crippen molar-refractivity contribution in [3.63, 3.8) is 0 Å². The van der Waals surface area contributed by atoms with Crippen molar-refractivity contribution < 1.29 is 0 Å². The highest BCUT2D eigenvalue weighted by Gasteiger charge is 2.30. The first-order valence-electron chi connectivity index (χ1n) is 5.77. The lowest BCUT2D eigenvalue weighted by molar-refractivity contribution is 0.382. The zero-order valence-corrected chi connectivity index (χ0v) is 10.1. The molecule has 1 N–H and O–H groups in total. The SMILES string of the molecule is CSC1CCCC1NC1CCN(C)C1. The van der Waals surface area contributed by atoms with Crippen molar-refractivity contribution in [2.24, 2.45) is 0 Å². The maximum atomic E-state index is 3.85. The van der Waals surface area contributed by atoms with E-state index in [1.165, 1.54) is 38.8 Å². The van der Waals surface area contributed by atoms with Gasteiger partial charge in [0.05, 0.1) is 0 Å². The van der Waals surface area contributed by atoms with Crippen LogP contribution in [0.5, 0.6) is 0 Å². The summed E-state index contributed by atoms with van der Waals surface area (Å²) in [7, 11) is 2.22. The Labute approximate surface area is 91.8 Å². The first kappa shape index (κ1) is 10.8. The molecule has 0 bridgehead atoms. The van der Waals surface area contributed by atoms with Crippen molar-refractivity contribution in [1.82, 2.24) is 10.2 Å². The Morgan fingerprint density at radius 3 is 2.79 bits per heavy atom. The molecule has 1 aliphatic heterocycles. The van der Waals surface area contributed by atoms with E-state index in [1.54, 1.807) is 0 Å². The molecule has 14 heavy (non-hydrogen) atoms. The van der Waals surface area contributed by atoms with Gasteiger partial charge in [0.25, 0.3) is 0 Å². The first-order valence-corrected chi connectivity index (χ1v) is 7.06. The quantitative estimate of drug-likeness (QED) is 0.767. The van der Waals surface area contributed by atoms with E-state index in [0.717, 1.165) is 17.3 Å². The molecule has 0 aromatic carbocycles. The van der Waals surface area contributed by atoms with Crippen molar-refractivity contribution in [1.29, 1.82) is 0 Å². The van der Waals surface area contributed by atoms with E-state index in [-0.39, 0.29) is 0 Å². The highest BCUT2D eigenvalue weighted by molar-refractivity contribution is 7.99. The molecule has 2 fully saturated rings. The molecule has 0 aromatic rings. The molecule has 2 nitrogen and oxygen atoms in total. The summed E-state index contributed by atoms with van der Waals surface area (Å²) in [4.78, 5) is 2.43. The van der Waals surface area contributed by atoms with Crippen LogP contribution in [0.3, 0.4) is 0 Å². The zero-order valence-electron chi connectivity index (χ0n) is 9.33. The minimum atomic E-state index is 0.762. The average molecular weight is 214 g/mol. The van der Waals surface area contributed by atoms with Gasteiger partial charge in [-0.3, -0.25) is 0 Å². The second-order valence-corrected chi connectivity index (χ2v) is 5.80. The third-order valence-electron chi connectivity index (χ3n) is 3.60. The third kappa shape index (κ3) is 2.44. The molecule has 2 rings (SSSR count). The Balaban J connectivity index is 1.79. The van der Waals surface area contributed by atoms with Crippen LogP contribution >= 0.6 is 11.8 Å². The lowest BCUT2D eigenvalue weighted by Crippen LogP contribution is -2.42. The summed E-state index contributed by atoms with van der Waals surface area (Å²) in [5.41, 5.74) is 0. The van der Waals surface area contributed by atoms with E-state index in [0.29, 0.717) is 0 Å². The number of likely N-dealkylation sites (tertiary alicyclic amines) is 1. The zero-order chi connectivity index (χ0) is 9.97. The molecule has 3 unspecified atom stereocenters. The maximum Gasteiger partial charge on any atom is 0.0210 e. The van der Waals surface area contributed by atoms with Crippen molar-refractivity contribution >= 4 is 11.8 Å². The third-order valence-corrected chi connectivity index (χ3v) is 4.77. The van der Waals surface area contributed by atoms with Gasteiger partial charge < -0.3 is 10.2 Å². The van der Waals surface area contributed by atoms with Crippen LogP contribution in [0.1, 0.15) is 25.7 Å². The van der Waals surface area contributed by atoms with Crippen LogP contribution in [-0.4, -0.2) is 48.6 Å². The number of nitrogens with zero attached hydrogens (tertiary/aromatic N) is 1. The van der Waals surface area contributed by atoms with Crippen molar-refractivity contribution in [2.45, 2.75) is 43.0 Å². The summed E-state index contributed by atoms with van der Waals surface area (Å²) in [6.45, 7) is 2.52. The molecule has 2 aliphatic rings. The molecule has 0 spiro atoms. The van der Waals surface area contributed by atoms with E-state index in [9.17, 15) is 0 Å². The molecular formula is C11H22N2S. The molecule has 3 heteroatoms. The van der Waals surface area contributed by atoms with Crippen molar-refractivity contribution in [3.8, 4) is 0 Å². The number of thioether (sulfide) groups is 1. The number of hydrogen-bond acceptors (Lipinski definition) is 3. The van der Waals surface area contributed by atoms with E-state index in [1.807, 2.05) is 11.8 Å². The molecule has 0 amide bonds. The van der Waals surface area contributed by atoms with Crippen LogP contribution in [0, 0.1) is 0 Å². The van der Waals surface area contributed by atoms with E-state index < -0.39 is 0 Å². The van der Waals surface area contributed by atoms with Crippen LogP contribution in [0.2, 0.25) is 0 Å². The number of nitrogens with one attached hydrogen (secondary N) is 1. The number of likely N-dealkylation sites (N-methyl/N-ethyl adjacent to an activating group) is 1. The highest BCUT2D eigenvalue weighted by Crippen LogP contribution is 2.29. The maximum absolute atomic E-state index is 3.85. The monoisotopic (exact) mass is 214 g/mol. The van der Waals surface area contributed by atoms with Crippen LogP contribution < -0.4 is 5.32 Å². The summed E-state index contributed by atoms with van der Waals surface area (Å²) in [6.07, 6.45) is 7.83. The molecule has 1 aliphatic carbocycles. The predicted octanol–water partition coefficient (Wildman–Crippen LogP) is 1.56. The summed E-state index contributed by atoms with van der Waals surface area (Å²) < 4.78 is 0. The second kappa shape index (κ2) is 4.86. The lowest BCUT2D eigenvalue weighted by Gasteiger charge is -2.23. The highest BCUT2D eigenvalue weighted by atomic mass is 32.2. The van der Waals surface area contributed by atoms with Crippen molar-refractivity contribution in [3.05, 3.63) is 0 Å². The smallest absolute Gasteiger partial charge is 0.0210 e. The van der Waals surface area contributed by atoms with Gasteiger partial charge >= 0.3 is 0 Å². The fourth-order valence-corrected chi connectivity index (χ4v) is 3.72. The van der Waals surface area contributed by atoms with Gasteiger partial charge in [0, 0.05) is 23.9 Å². The molecule has 1 saturated heterocycles. The predicted molar refractivity (Wildman–Crippen MR) is 64.0 cm³/mol. The van der Waals surface area contributed by atoms with Gasteiger partial charge in [-0.1, -0.05) is 6.42 Å². The van der Waals surface area contributed by atoms with Crippen LogP contribution in [-0.2, 0) is 0 Å². The van der Waals surface area contributed by atoms with Crippen LogP contribution in [0.15, 0.2) is 0 Å². The molecule has 0 radical (unpaired) electrons. The second-order valence-electron chi connectivity index (χ2n) is 4.73. The van der Waals surface area contributed by atoms with Gasteiger partial charge in [-0.05, 0) is 39.1 Å². The average Bonchev–Trinajstić information content (AvgIpc) is 2.76. The van der Waals surface area contributed by atoms with Gasteiger partial charge in [0.15, 0.2) is 0 Å². The van der Waals surface area contributed by atoms with E-state index >= 15 is 0 Å². The number of rotatable bonds is 3. The Morgan fingerprint density at radius 1 is 1.29 bits per heavy atom. The first-order chi connectivity index (χ1) is 6.79. The summed E-state index contributed by atoms with van der Waals surface area (Å²) in [5.74, 6) is 0. The summed E-state index contributed by atoms with van der Waals surface area (Å²) in [6, 6.07) is 1.55. The Kier molecular flexibility index (Phi) is 3.74. The normalized spacial score (nSPS) is 39.4. The number of hydrogen-bond donors (Lipinski definition) is 1. The van der Waals surface area contributed by atoms with Crippen LogP contribution in [0.25, 0.3) is 0 Å². The van der Waals surface area contributed by atoms with Crippen LogP contribution in [0.4, 0.5) is 0 Å². The molecule has 1 saturated carbocycles. The minimum absolute atomic E-state index is 0.762. The summed E-state index contributed by atoms with van der Waals surface area (Å²) in [5, 5.41) is 4.72. The fourth-order valence-electron chi connectivity index (χ4n) is 2.77. The van der Waals surface area contributed by atoms with Gasteiger partial charge in [-0.25, -0.2) is 0 Å². The molecule has 0 aromatic heterocycles. The van der Waals surface area contributed by atoms with Gasteiger partial charge in [0.2, 0.25) is 0 Å².